The summed E-state index contributed by atoms with van der Waals surface area (Å²) in [4.78, 5) is 0. The monoisotopic (exact) mass is 245 g/mol. The summed E-state index contributed by atoms with van der Waals surface area (Å²) in [6.07, 6.45) is 0. The molecule has 0 unspecified atom stereocenters. The van der Waals surface area contributed by atoms with E-state index in [0.717, 1.165) is 5.56 Å². The molecule has 0 bridgehead atoms. The number of nitrogen functional groups attached to an aromatic ring is 1. The molecule has 0 saturated heterocycles. The summed E-state index contributed by atoms with van der Waals surface area (Å²) in [6, 6.07) is 12.5. The topological polar surface area (TPSA) is 64.7 Å². The number of anilines is 1. The lowest BCUT2D eigenvalue weighted by atomic mass is 10.2. The highest BCUT2D eigenvalue weighted by atomic mass is 16.5. The second kappa shape index (κ2) is 5.42. The lowest BCUT2D eigenvalue weighted by molar-refractivity contribution is 0.281. The molecule has 4 heteroatoms. The van der Waals surface area contributed by atoms with Gasteiger partial charge in [-0.3, -0.25) is 0 Å². The van der Waals surface area contributed by atoms with Gasteiger partial charge in [0.15, 0.2) is 0 Å². The van der Waals surface area contributed by atoms with Gasteiger partial charge >= 0.3 is 0 Å². The van der Waals surface area contributed by atoms with Crippen molar-refractivity contribution in [1.29, 1.82) is 0 Å². The van der Waals surface area contributed by atoms with Crippen LogP contribution in [0.5, 0.6) is 17.2 Å². The van der Waals surface area contributed by atoms with Gasteiger partial charge in [0.2, 0.25) is 0 Å². The zero-order chi connectivity index (χ0) is 13.0. The van der Waals surface area contributed by atoms with Crippen LogP contribution in [0, 0.1) is 0 Å². The second-order valence-electron chi connectivity index (χ2n) is 3.81. The van der Waals surface area contributed by atoms with Crippen molar-refractivity contribution in [1.82, 2.24) is 0 Å². The maximum atomic E-state index is 8.95. The summed E-state index contributed by atoms with van der Waals surface area (Å²) >= 11 is 0. The number of methoxy groups -OCH3 is 1. The lowest BCUT2D eigenvalue weighted by Crippen LogP contribution is -1.93. The fourth-order valence-corrected chi connectivity index (χ4v) is 1.55. The summed E-state index contributed by atoms with van der Waals surface area (Å²) in [7, 11) is 1.56. The summed E-state index contributed by atoms with van der Waals surface area (Å²) in [5.41, 5.74) is 7.14. The number of aliphatic hydroxyl groups is 1. The third kappa shape index (κ3) is 2.73. The van der Waals surface area contributed by atoms with Crippen molar-refractivity contribution in [2.45, 2.75) is 6.61 Å². The van der Waals surface area contributed by atoms with Gasteiger partial charge in [0.25, 0.3) is 0 Å². The van der Waals surface area contributed by atoms with Gasteiger partial charge in [0, 0.05) is 6.07 Å². The second-order valence-corrected chi connectivity index (χ2v) is 3.81. The Bertz CT molecular complexity index is 523. The first-order chi connectivity index (χ1) is 8.72. The molecule has 0 saturated carbocycles. The van der Waals surface area contributed by atoms with Crippen molar-refractivity contribution in [2.24, 2.45) is 0 Å². The molecule has 2 aromatic rings. The molecule has 0 atom stereocenters. The fraction of sp³-hybridized carbons (Fsp3) is 0.143. The minimum Gasteiger partial charge on any atom is -0.494 e. The molecule has 0 aliphatic rings. The zero-order valence-electron chi connectivity index (χ0n) is 10.1. The van der Waals surface area contributed by atoms with Crippen molar-refractivity contribution >= 4 is 5.69 Å². The van der Waals surface area contributed by atoms with Gasteiger partial charge in [-0.15, -0.1) is 0 Å². The van der Waals surface area contributed by atoms with Crippen molar-refractivity contribution < 1.29 is 14.6 Å². The van der Waals surface area contributed by atoms with E-state index >= 15 is 0 Å². The molecule has 0 aliphatic heterocycles. The van der Waals surface area contributed by atoms with Crippen molar-refractivity contribution in [3.63, 3.8) is 0 Å². The molecule has 4 nitrogen and oxygen atoms in total. The Hall–Kier alpha value is -2.20. The number of ether oxygens (including phenoxy) is 2. The van der Waals surface area contributed by atoms with Crippen molar-refractivity contribution in [3.05, 3.63) is 48.0 Å². The smallest absolute Gasteiger partial charge is 0.145 e. The van der Waals surface area contributed by atoms with Crippen molar-refractivity contribution in [3.8, 4) is 17.2 Å². The molecule has 2 aromatic carbocycles. The summed E-state index contributed by atoms with van der Waals surface area (Å²) < 4.78 is 10.8. The zero-order valence-corrected chi connectivity index (χ0v) is 10.1. The van der Waals surface area contributed by atoms with Gasteiger partial charge in [0.1, 0.15) is 17.2 Å². The van der Waals surface area contributed by atoms with E-state index in [1.165, 1.54) is 0 Å². The molecule has 2 rings (SSSR count). The highest BCUT2D eigenvalue weighted by Gasteiger charge is 2.03. The molecular formula is C14H15NO3. The minimum atomic E-state index is 0.0238. The van der Waals surface area contributed by atoms with Crippen LogP contribution in [0.25, 0.3) is 0 Å². The quantitative estimate of drug-likeness (QED) is 0.812. The Morgan fingerprint density at radius 3 is 2.33 bits per heavy atom. The SMILES string of the molecule is COc1cc(Oc2ccc(CO)cc2)ccc1N. The van der Waals surface area contributed by atoms with Crippen LogP contribution in [0.15, 0.2) is 42.5 Å². The molecule has 0 spiro atoms. The number of hydrogen-bond acceptors (Lipinski definition) is 4. The van der Waals surface area contributed by atoms with E-state index in [2.05, 4.69) is 0 Å². The third-order valence-corrected chi connectivity index (χ3v) is 2.55. The highest BCUT2D eigenvalue weighted by molar-refractivity contribution is 5.56. The highest BCUT2D eigenvalue weighted by Crippen LogP contribution is 2.29. The van der Waals surface area contributed by atoms with E-state index in [1.807, 2.05) is 12.1 Å². The molecule has 0 fully saturated rings. The molecule has 18 heavy (non-hydrogen) atoms. The normalized spacial score (nSPS) is 10.1. The number of hydrogen-bond donors (Lipinski definition) is 2. The molecule has 0 radical (unpaired) electrons. The van der Waals surface area contributed by atoms with E-state index in [1.54, 1.807) is 37.4 Å². The van der Waals surface area contributed by atoms with E-state index < -0.39 is 0 Å². The van der Waals surface area contributed by atoms with E-state index in [-0.39, 0.29) is 6.61 Å². The predicted octanol–water partition coefficient (Wildman–Crippen LogP) is 2.56. The fourth-order valence-electron chi connectivity index (χ4n) is 1.55. The first kappa shape index (κ1) is 12.3. The first-order valence-electron chi connectivity index (χ1n) is 5.54. The van der Waals surface area contributed by atoms with Crippen LogP contribution in [0.3, 0.4) is 0 Å². The molecule has 0 heterocycles. The van der Waals surface area contributed by atoms with Crippen LogP contribution in [0.2, 0.25) is 0 Å². The first-order valence-corrected chi connectivity index (χ1v) is 5.54. The predicted molar refractivity (Wildman–Crippen MR) is 69.8 cm³/mol. The maximum absolute atomic E-state index is 8.95. The van der Waals surface area contributed by atoms with E-state index in [9.17, 15) is 0 Å². The van der Waals surface area contributed by atoms with E-state index in [0.29, 0.717) is 22.9 Å². The van der Waals surface area contributed by atoms with Gasteiger partial charge < -0.3 is 20.3 Å². The lowest BCUT2D eigenvalue weighted by Gasteiger charge is -2.09. The average molecular weight is 245 g/mol. The number of nitrogens with two attached hydrogens (primary N) is 1. The molecule has 3 N–H and O–H groups in total. The van der Waals surface area contributed by atoms with Crippen LogP contribution in [0.1, 0.15) is 5.56 Å². The van der Waals surface area contributed by atoms with Gasteiger partial charge in [0.05, 0.1) is 19.4 Å². The Morgan fingerprint density at radius 1 is 1.06 bits per heavy atom. The van der Waals surface area contributed by atoms with E-state index in [4.69, 9.17) is 20.3 Å². The van der Waals surface area contributed by atoms with Crippen LogP contribution in [-0.4, -0.2) is 12.2 Å². The molecule has 94 valence electrons. The van der Waals surface area contributed by atoms with Crippen molar-refractivity contribution in [2.75, 3.05) is 12.8 Å². The van der Waals surface area contributed by atoms with Crippen LogP contribution in [0.4, 0.5) is 5.69 Å². The Labute approximate surface area is 106 Å². The van der Waals surface area contributed by atoms with Crippen LogP contribution < -0.4 is 15.2 Å². The van der Waals surface area contributed by atoms with Gasteiger partial charge in [-0.1, -0.05) is 12.1 Å². The molecule has 0 aromatic heterocycles. The maximum Gasteiger partial charge on any atom is 0.145 e. The third-order valence-electron chi connectivity index (χ3n) is 2.55. The largest absolute Gasteiger partial charge is 0.494 e. The number of aliphatic hydroxyl groups excluding tert-OH is 1. The summed E-state index contributed by atoms with van der Waals surface area (Å²) in [6.45, 7) is 0.0238. The molecular weight excluding hydrogens is 230 g/mol. The van der Waals surface area contributed by atoms with Gasteiger partial charge in [-0.25, -0.2) is 0 Å². The number of rotatable bonds is 4. The minimum absolute atomic E-state index is 0.0238. The van der Waals surface area contributed by atoms with Crippen LogP contribution >= 0.6 is 0 Å². The Kier molecular flexibility index (Phi) is 3.69. The average Bonchev–Trinajstić information content (AvgIpc) is 2.42. The number of benzene rings is 2. The van der Waals surface area contributed by atoms with Gasteiger partial charge in [-0.2, -0.15) is 0 Å². The Balaban J connectivity index is 2.17. The summed E-state index contributed by atoms with van der Waals surface area (Å²) in [5, 5.41) is 8.95. The van der Waals surface area contributed by atoms with Crippen LogP contribution in [-0.2, 0) is 6.61 Å². The standard InChI is InChI=1S/C14H15NO3/c1-17-14-8-12(6-7-13(14)15)18-11-4-2-10(9-16)3-5-11/h2-8,16H,9,15H2,1H3. The summed E-state index contributed by atoms with van der Waals surface area (Å²) in [5.74, 6) is 1.93. The molecule has 0 aliphatic carbocycles. The Morgan fingerprint density at radius 2 is 1.72 bits per heavy atom. The molecule has 0 amide bonds. The van der Waals surface area contributed by atoms with Gasteiger partial charge in [-0.05, 0) is 29.8 Å².